The maximum Gasteiger partial charge on any atom is 0.255 e. The average molecular weight is 288 g/mol. The minimum atomic E-state index is -0.516. The summed E-state index contributed by atoms with van der Waals surface area (Å²) in [5.74, 6) is -0.696. The molecule has 2 aromatic rings. The number of benzene rings is 2. The molecule has 0 fully saturated rings. The lowest BCUT2D eigenvalue weighted by atomic mass is 10.1. The number of carbonyl (C=O) groups excluding carboxylic acids is 1. The molecule has 0 aliphatic carbocycles. The smallest absolute Gasteiger partial charge is 0.255 e. The zero-order valence-electron chi connectivity index (χ0n) is 11.9. The van der Waals surface area contributed by atoms with Crippen molar-refractivity contribution >= 4 is 17.3 Å². The zero-order chi connectivity index (χ0) is 15.4. The predicted molar refractivity (Wildman–Crippen MR) is 81.1 cm³/mol. The van der Waals surface area contributed by atoms with Crippen LogP contribution in [-0.2, 0) is 0 Å². The highest BCUT2D eigenvalue weighted by molar-refractivity contribution is 6.04. The first-order chi connectivity index (χ1) is 10.0. The average Bonchev–Trinajstić information content (AvgIpc) is 2.45. The summed E-state index contributed by atoms with van der Waals surface area (Å²) < 4.78 is 18.8. The molecular formula is C16H17FN2O2. The van der Waals surface area contributed by atoms with Crippen LogP contribution < -0.4 is 15.8 Å². The van der Waals surface area contributed by atoms with Gasteiger partial charge < -0.3 is 15.8 Å². The van der Waals surface area contributed by atoms with Gasteiger partial charge in [-0.05, 0) is 43.7 Å². The fourth-order valence-electron chi connectivity index (χ4n) is 1.84. The topological polar surface area (TPSA) is 64.3 Å². The van der Waals surface area contributed by atoms with E-state index in [4.69, 9.17) is 10.5 Å². The van der Waals surface area contributed by atoms with Crippen molar-refractivity contribution in [3.05, 3.63) is 53.3 Å². The predicted octanol–water partition coefficient (Wildman–Crippen LogP) is 3.37. The number of aryl methyl sites for hydroxylation is 1. The van der Waals surface area contributed by atoms with Crippen LogP contribution in [0.4, 0.5) is 15.8 Å². The Bertz CT molecular complexity index is 671. The molecular weight excluding hydrogens is 271 g/mol. The van der Waals surface area contributed by atoms with E-state index in [-0.39, 0.29) is 11.7 Å². The monoisotopic (exact) mass is 288 g/mol. The first-order valence-electron chi connectivity index (χ1n) is 6.61. The van der Waals surface area contributed by atoms with Crippen molar-refractivity contribution in [2.75, 3.05) is 17.7 Å². The standard InChI is InChI=1S/C16H17FN2O2/c1-3-21-15-7-6-12(9-13(15)17)19-16(20)11-5-4-10(2)14(18)8-11/h4-9H,3,18H2,1-2H3,(H,19,20). The molecule has 0 saturated carbocycles. The van der Waals surface area contributed by atoms with E-state index in [1.54, 1.807) is 31.2 Å². The summed E-state index contributed by atoms with van der Waals surface area (Å²) in [4.78, 5) is 12.1. The third kappa shape index (κ3) is 3.51. The fourth-order valence-corrected chi connectivity index (χ4v) is 1.84. The molecule has 2 aromatic carbocycles. The highest BCUT2D eigenvalue weighted by atomic mass is 19.1. The molecule has 3 N–H and O–H groups in total. The van der Waals surface area contributed by atoms with Gasteiger partial charge in [0.2, 0.25) is 0 Å². The minimum Gasteiger partial charge on any atom is -0.491 e. The van der Waals surface area contributed by atoms with Crippen molar-refractivity contribution in [3.63, 3.8) is 0 Å². The second-order valence-electron chi connectivity index (χ2n) is 4.60. The van der Waals surface area contributed by atoms with Crippen molar-refractivity contribution < 1.29 is 13.9 Å². The number of anilines is 2. The van der Waals surface area contributed by atoms with Crippen LogP contribution in [-0.4, -0.2) is 12.5 Å². The van der Waals surface area contributed by atoms with E-state index in [1.165, 1.54) is 12.1 Å². The SMILES string of the molecule is CCOc1ccc(NC(=O)c2ccc(C)c(N)c2)cc1F. The molecule has 21 heavy (non-hydrogen) atoms. The maximum absolute atomic E-state index is 13.7. The van der Waals surface area contributed by atoms with E-state index in [0.29, 0.717) is 23.5 Å². The molecule has 0 aliphatic rings. The number of carbonyl (C=O) groups is 1. The summed E-state index contributed by atoms with van der Waals surface area (Å²) in [5.41, 5.74) is 8.00. The fraction of sp³-hybridized carbons (Fsp3) is 0.188. The van der Waals surface area contributed by atoms with Crippen molar-refractivity contribution in [2.45, 2.75) is 13.8 Å². The number of nitrogen functional groups attached to an aromatic ring is 1. The van der Waals surface area contributed by atoms with Crippen molar-refractivity contribution in [1.82, 2.24) is 0 Å². The van der Waals surface area contributed by atoms with Gasteiger partial charge in [0.1, 0.15) is 0 Å². The number of amides is 1. The lowest BCUT2D eigenvalue weighted by Crippen LogP contribution is -2.12. The van der Waals surface area contributed by atoms with Crippen LogP contribution in [0.1, 0.15) is 22.8 Å². The minimum absolute atomic E-state index is 0.162. The Labute approximate surface area is 122 Å². The van der Waals surface area contributed by atoms with Crippen LogP contribution in [0.5, 0.6) is 5.75 Å². The van der Waals surface area contributed by atoms with Crippen molar-refractivity contribution in [3.8, 4) is 5.75 Å². The molecule has 0 unspecified atom stereocenters. The summed E-state index contributed by atoms with van der Waals surface area (Å²) >= 11 is 0. The van der Waals surface area contributed by atoms with Gasteiger partial charge in [-0.2, -0.15) is 0 Å². The zero-order valence-corrected chi connectivity index (χ0v) is 11.9. The van der Waals surface area contributed by atoms with Gasteiger partial charge in [0.05, 0.1) is 6.61 Å². The Morgan fingerprint density at radius 1 is 1.29 bits per heavy atom. The van der Waals surface area contributed by atoms with Crippen molar-refractivity contribution in [2.24, 2.45) is 0 Å². The molecule has 0 saturated heterocycles. The quantitative estimate of drug-likeness (QED) is 0.848. The molecule has 5 heteroatoms. The molecule has 110 valence electrons. The summed E-state index contributed by atoms with van der Waals surface area (Å²) in [6, 6.07) is 9.33. The van der Waals surface area contributed by atoms with Gasteiger partial charge in [0.15, 0.2) is 11.6 Å². The van der Waals surface area contributed by atoms with Gasteiger partial charge in [-0.25, -0.2) is 4.39 Å². The van der Waals surface area contributed by atoms with Gasteiger partial charge in [-0.15, -0.1) is 0 Å². The number of nitrogens with two attached hydrogens (primary N) is 1. The summed E-state index contributed by atoms with van der Waals surface area (Å²) in [7, 11) is 0. The first-order valence-corrected chi connectivity index (χ1v) is 6.61. The Balaban J connectivity index is 2.15. The van der Waals surface area contributed by atoms with Crippen LogP contribution >= 0.6 is 0 Å². The van der Waals surface area contributed by atoms with E-state index in [9.17, 15) is 9.18 Å². The highest BCUT2D eigenvalue weighted by Gasteiger charge is 2.10. The van der Waals surface area contributed by atoms with Crippen LogP contribution in [0.15, 0.2) is 36.4 Å². The van der Waals surface area contributed by atoms with E-state index < -0.39 is 5.82 Å². The number of halogens is 1. The van der Waals surface area contributed by atoms with Gasteiger partial charge in [0, 0.05) is 23.0 Å². The van der Waals surface area contributed by atoms with Gasteiger partial charge in [-0.1, -0.05) is 6.07 Å². The lowest BCUT2D eigenvalue weighted by molar-refractivity contribution is 0.102. The lowest BCUT2D eigenvalue weighted by Gasteiger charge is -2.09. The number of rotatable bonds is 4. The normalized spacial score (nSPS) is 10.2. The molecule has 0 aromatic heterocycles. The number of ether oxygens (including phenoxy) is 1. The molecule has 0 atom stereocenters. The number of hydrogen-bond donors (Lipinski definition) is 2. The number of nitrogens with one attached hydrogen (secondary N) is 1. The van der Waals surface area contributed by atoms with Crippen LogP contribution in [0.2, 0.25) is 0 Å². The highest BCUT2D eigenvalue weighted by Crippen LogP contribution is 2.22. The molecule has 0 spiro atoms. The third-order valence-electron chi connectivity index (χ3n) is 3.03. The second kappa shape index (κ2) is 6.26. The molecule has 0 radical (unpaired) electrons. The Morgan fingerprint density at radius 3 is 2.67 bits per heavy atom. The van der Waals surface area contributed by atoms with E-state index in [2.05, 4.69) is 5.32 Å². The first kappa shape index (κ1) is 14.8. The van der Waals surface area contributed by atoms with Gasteiger partial charge >= 0.3 is 0 Å². The van der Waals surface area contributed by atoms with Crippen LogP contribution in [0, 0.1) is 12.7 Å². The summed E-state index contributed by atoms with van der Waals surface area (Å²) in [5, 5.41) is 2.62. The summed E-state index contributed by atoms with van der Waals surface area (Å²) in [6.07, 6.45) is 0. The number of hydrogen-bond acceptors (Lipinski definition) is 3. The molecule has 0 bridgehead atoms. The van der Waals surface area contributed by atoms with Gasteiger partial charge in [0.25, 0.3) is 5.91 Å². The second-order valence-corrected chi connectivity index (χ2v) is 4.60. The Kier molecular flexibility index (Phi) is 4.42. The molecule has 4 nitrogen and oxygen atoms in total. The van der Waals surface area contributed by atoms with Crippen LogP contribution in [0.3, 0.4) is 0 Å². The van der Waals surface area contributed by atoms with E-state index in [0.717, 1.165) is 5.56 Å². The molecule has 0 heterocycles. The summed E-state index contributed by atoms with van der Waals surface area (Å²) in [6.45, 7) is 4.01. The Morgan fingerprint density at radius 2 is 2.05 bits per heavy atom. The van der Waals surface area contributed by atoms with Crippen molar-refractivity contribution in [1.29, 1.82) is 0 Å². The molecule has 2 rings (SSSR count). The Hall–Kier alpha value is -2.56. The van der Waals surface area contributed by atoms with E-state index in [1.807, 2.05) is 6.92 Å². The largest absolute Gasteiger partial charge is 0.491 e. The molecule has 1 amide bonds. The van der Waals surface area contributed by atoms with Gasteiger partial charge in [-0.3, -0.25) is 4.79 Å². The van der Waals surface area contributed by atoms with E-state index >= 15 is 0 Å². The molecule has 0 aliphatic heterocycles. The maximum atomic E-state index is 13.7. The third-order valence-corrected chi connectivity index (χ3v) is 3.03. The van der Waals surface area contributed by atoms with Crippen LogP contribution in [0.25, 0.3) is 0 Å².